The number of rotatable bonds is 6. The minimum atomic E-state index is -0.112. The van der Waals surface area contributed by atoms with E-state index in [2.05, 4.69) is 31.2 Å². The Balaban J connectivity index is 1.44. The zero-order valence-electron chi connectivity index (χ0n) is 15.0. The minimum Gasteiger partial charge on any atom is -0.493 e. The van der Waals surface area contributed by atoms with Crippen LogP contribution in [0.25, 0.3) is 22.4 Å². The molecule has 0 unspecified atom stereocenters. The number of hydrogen-bond donors (Lipinski definition) is 2. The zero-order chi connectivity index (χ0) is 19.3. The summed E-state index contributed by atoms with van der Waals surface area (Å²) in [5.74, 6) is 1.34. The third-order valence-corrected chi connectivity index (χ3v) is 4.73. The Morgan fingerprint density at radius 2 is 1.86 bits per heavy atom. The summed E-state index contributed by atoms with van der Waals surface area (Å²) >= 11 is 3.40. The van der Waals surface area contributed by atoms with E-state index in [0.29, 0.717) is 12.3 Å². The van der Waals surface area contributed by atoms with E-state index in [0.717, 1.165) is 32.6 Å². The van der Waals surface area contributed by atoms with Gasteiger partial charge in [-0.25, -0.2) is 4.98 Å². The van der Waals surface area contributed by atoms with Gasteiger partial charge in [0.25, 0.3) is 0 Å². The smallest absolute Gasteiger partial charge is 0.227 e. The lowest BCUT2D eigenvalue weighted by Gasteiger charge is -2.10. The van der Waals surface area contributed by atoms with Gasteiger partial charge in [0, 0.05) is 10.0 Å². The van der Waals surface area contributed by atoms with Gasteiger partial charge >= 0.3 is 0 Å². The molecule has 0 aliphatic heterocycles. The molecule has 0 fully saturated rings. The number of carbonyl (C=O) groups is 1. The van der Waals surface area contributed by atoms with Crippen LogP contribution in [0.1, 0.15) is 6.42 Å². The van der Waals surface area contributed by atoms with Gasteiger partial charge in [0.1, 0.15) is 11.6 Å². The molecule has 0 saturated carbocycles. The number of aromatic amines is 1. The second-order valence-corrected chi connectivity index (χ2v) is 7.17. The van der Waals surface area contributed by atoms with Crippen molar-refractivity contribution >= 4 is 38.6 Å². The number of imidazole rings is 1. The lowest BCUT2D eigenvalue weighted by molar-refractivity contribution is -0.116. The van der Waals surface area contributed by atoms with Crippen LogP contribution < -0.4 is 10.1 Å². The number of benzene rings is 3. The largest absolute Gasteiger partial charge is 0.493 e. The van der Waals surface area contributed by atoms with E-state index in [1.54, 1.807) is 0 Å². The van der Waals surface area contributed by atoms with Crippen molar-refractivity contribution in [3.63, 3.8) is 0 Å². The summed E-state index contributed by atoms with van der Waals surface area (Å²) < 4.78 is 6.58. The average molecular weight is 436 g/mol. The maximum atomic E-state index is 12.4. The summed E-state index contributed by atoms with van der Waals surface area (Å²) in [7, 11) is 0. The summed E-state index contributed by atoms with van der Waals surface area (Å²) in [5.41, 5.74) is 3.41. The molecule has 4 aromatic rings. The number of amides is 1. The number of ether oxygens (including phenoxy) is 1. The highest BCUT2D eigenvalue weighted by atomic mass is 79.9. The van der Waals surface area contributed by atoms with Crippen molar-refractivity contribution in [1.29, 1.82) is 0 Å². The van der Waals surface area contributed by atoms with Crippen LogP contribution in [-0.2, 0) is 4.79 Å². The van der Waals surface area contributed by atoms with Gasteiger partial charge in [0.05, 0.1) is 29.7 Å². The van der Waals surface area contributed by atoms with Crippen molar-refractivity contribution in [3.05, 3.63) is 77.3 Å². The number of carbonyl (C=O) groups excluding carboxylic acids is 1. The number of para-hydroxylation sites is 3. The van der Waals surface area contributed by atoms with Gasteiger partial charge in [-0.05, 0) is 42.5 Å². The summed E-state index contributed by atoms with van der Waals surface area (Å²) in [6, 6.07) is 23.0. The molecule has 1 aromatic heterocycles. The molecule has 1 heterocycles. The quantitative estimate of drug-likeness (QED) is 0.425. The lowest BCUT2D eigenvalue weighted by atomic mass is 10.1. The number of nitrogens with one attached hydrogen (secondary N) is 2. The highest BCUT2D eigenvalue weighted by molar-refractivity contribution is 9.10. The van der Waals surface area contributed by atoms with Gasteiger partial charge in [-0.1, -0.05) is 46.3 Å². The minimum absolute atomic E-state index is 0.112. The van der Waals surface area contributed by atoms with E-state index in [1.165, 1.54) is 0 Å². The van der Waals surface area contributed by atoms with Crippen LogP contribution in [0, 0.1) is 0 Å². The van der Waals surface area contributed by atoms with Crippen LogP contribution in [0.5, 0.6) is 5.75 Å². The number of hydrogen-bond acceptors (Lipinski definition) is 3. The number of H-pyrrole nitrogens is 1. The highest BCUT2D eigenvalue weighted by Gasteiger charge is 2.12. The summed E-state index contributed by atoms with van der Waals surface area (Å²) in [6.45, 7) is 0.301. The Morgan fingerprint density at radius 3 is 2.71 bits per heavy atom. The number of nitrogens with zero attached hydrogens (tertiary/aromatic N) is 1. The predicted molar refractivity (Wildman–Crippen MR) is 114 cm³/mol. The van der Waals surface area contributed by atoms with Gasteiger partial charge in [-0.15, -0.1) is 0 Å². The van der Waals surface area contributed by atoms with Gasteiger partial charge in [0.2, 0.25) is 5.91 Å². The van der Waals surface area contributed by atoms with Crippen LogP contribution in [-0.4, -0.2) is 22.5 Å². The molecule has 1 amide bonds. The topological polar surface area (TPSA) is 67.0 Å². The Kier molecular flexibility index (Phi) is 5.39. The Morgan fingerprint density at radius 1 is 1.04 bits per heavy atom. The van der Waals surface area contributed by atoms with Crippen molar-refractivity contribution in [2.75, 3.05) is 11.9 Å². The number of halogens is 1. The molecular formula is C22H18BrN3O2. The molecule has 0 spiro atoms. The monoisotopic (exact) mass is 435 g/mol. The van der Waals surface area contributed by atoms with E-state index in [4.69, 9.17) is 4.74 Å². The summed E-state index contributed by atoms with van der Waals surface area (Å²) in [5, 5.41) is 2.96. The molecule has 140 valence electrons. The highest BCUT2D eigenvalue weighted by Crippen LogP contribution is 2.27. The van der Waals surface area contributed by atoms with E-state index < -0.39 is 0 Å². The molecule has 28 heavy (non-hydrogen) atoms. The summed E-state index contributed by atoms with van der Waals surface area (Å²) in [6.07, 6.45) is 0.251. The Labute approximate surface area is 170 Å². The first-order chi connectivity index (χ1) is 13.7. The molecule has 3 aromatic carbocycles. The molecule has 0 aliphatic carbocycles. The molecule has 6 heteroatoms. The van der Waals surface area contributed by atoms with Gasteiger partial charge in [0.15, 0.2) is 0 Å². The first-order valence-electron chi connectivity index (χ1n) is 8.91. The fourth-order valence-corrected chi connectivity index (χ4v) is 3.29. The molecule has 0 bridgehead atoms. The van der Waals surface area contributed by atoms with E-state index in [1.807, 2.05) is 72.8 Å². The van der Waals surface area contributed by atoms with Crippen LogP contribution in [0.2, 0.25) is 0 Å². The van der Waals surface area contributed by atoms with E-state index >= 15 is 0 Å². The number of fused-ring (bicyclic) bond motifs is 1. The normalized spacial score (nSPS) is 10.8. The van der Waals surface area contributed by atoms with Gasteiger partial charge < -0.3 is 15.0 Å². The van der Waals surface area contributed by atoms with Gasteiger partial charge in [-0.2, -0.15) is 0 Å². The molecule has 2 N–H and O–H groups in total. The molecule has 4 rings (SSSR count). The third-order valence-electron chi connectivity index (χ3n) is 4.24. The van der Waals surface area contributed by atoms with Crippen molar-refractivity contribution in [3.8, 4) is 17.1 Å². The molecule has 5 nitrogen and oxygen atoms in total. The van der Waals surface area contributed by atoms with Crippen molar-refractivity contribution in [2.24, 2.45) is 0 Å². The van der Waals surface area contributed by atoms with Gasteiger partial charge in [-0.3, -0.25) is 4.79 Å². The predicted octanol–water partition coefficient (Wildman–Crippen LogP) is 5.40. The Bertz CT molecular complexity index is 1090. The number of anilines is 1. The van der Waals surface area contributed by atoms with Crippen molar-refractivity contribution < 1.29 is 9.53 Å². The van der Waals surface area contributed by atoms with Crippen LogP contribution >= 0.6 is 15.9 Å². The van der Waals surface area contributed by atoms with E-state index in [-0.39, 0.29) is 12.3 Å². The molecular weight excluding hydrogens is 418 g/mol. The van der Waals surface area contributed by atoms with Crippen LogP contribution in [0.3, 0.4) is 0 Å². The van der Waals surface area contributed by atoms with Crippen LogP contribution in [0.4, 0.5) is 5.69 Å². The fourth-order valence-electron chi connectivity index (χ4n) is 2.91. The SMILES string of the molecule is O=C(CCOc1cccc(Br)c1)Nc1ccccc1-c1nc2ccccc2[nH]1. The zero-order valence-corrected chi connectivity index (χ0v) is 16.6. The number of aromatic nitrogens is 2. The molecule has 0 aliphatic rings. The first-order valence-corrected chi connectivity index (χ1v) is 9.71. The van der Waals surface area contributed by atoms with E-state index in [9.17, 15) is 4.79 Å². The van der Waals surface area contributed by atoms with Crippen molar-refractivity contribution in [1.82, 2.24) is 9.97 Å². The van der Waals surface area contributed by atoms with Crippen LogP contribution in [0.15, 0.2) is 77.3 Å². The maximum Gasteiger partial charge on any atom is 0.227 e. The molecule has 0 radical (unpaired) electrons. The third kappa shape index (κ3) is 4.23. The maximum absolute atomic E-state index is 12.4. The second-order valence-electron chi connectivity index (χ2n) is 6.25. The summed E-state index contributed by atoms with van der Waals surface area (Å²) in [4.78, 5) is 20.3. The Hall–Kier alpha value is -3.12. The van der Waals surface area contributed by atoms with Crippen molar-refractivity contribution in [2.45, 2.75) is 6.42 Å². The first kappa shape index (κ1) is 18.3. The fraction of sp³-hybridized carbons (Fsp3) is 0.0909. The standard InChI is InChI=1S/C22H18BrN3O2/c23-15-6-5-7-16(14-15)28-13-12-21(27)24-18-9-2-1-8-17(18)22-25-19-10-3-4-11-20(19)26-22/h1-11,14H,12-13H2,(H,24,27)(H,25,26). The lowest BCUT2D eigenvalue weighted by Crippen LogP contribution is -2.15. The second kappa shape index (κ2) is 8.27. The average Bonchev–Trinajstić information content (AvgIpc) is 3.12. The molecule has 0 atom stereocenters. The molecule has 0 saturated heterocycles.